The van der Waals surface area contributed by atoms with Crippen molar-refractivity contribution in [3.8, 4) is 0 Å². The highest BCUT2D eigenvalue weighted by atomic mass is 19.3. The molecule has 1 fully saturated rings. The highest BCUT2D eigenvalue weighted by Gasteiger charge is 2.33. The first-order valence-electron chi connectivity index (χ1n) is 7.33. The third-order valence-corrected chi connectivity index (χ3v) is 3.49. The van der Waals surface area contributed by atoms with Gasteiger partial charge in [0.1, 0.15) is 0 Å². The van der Waals surface area contributed by atoms with E-state index in [1.165, 1.54) is 0 Å². The number of hydrogen-bond donors (Lipinski definition) is 1. The van der Waals surface area contributed by atoms with Gasteiger partial charge in [-0.05, 0) is 25.3 Å². The maximum absolute atomic E-state index is 13.1. The van der Waals surface area contributed by atoms with Crippen LogP contribution < -0.4 is 5.73 Å². The lowest BCUT2D eigenvalue weighted by Crippen LogP contribution is -2.41. The zero-order valence-electron chi connectivity index (χ0n) is 13.0. The standard InChI is InChI=1S/C15H27F2N3/c1-11(2)13(9-19-12(3)4)14(18)10-20-7-5-15(16,17)6-8-20/h9,11-12H,5-8,10,18H2,1-4H3. The summed E-state index contributed by atoms with van der Waals surface area (Å²) >= 11 is 0. The number of aliphatic imine (C=N–C) groups is 1. The fraction of sp³-hybridized carbons (Fsp3) is 0.800. The average molecular weight is 287 g/mol. The van der Waals surface area contributed by atoms with Gasteiger partial charge in [-0.15, -0.1) is 0 Å². The molecule has 1 heterocycles. The fourth-order valence-electron chi connectivity index (χ4n) is 2.20. The van der Waals surface area contributed by atoms with Crippen LogP contribution in [0.25, 0.3) is 0 Å². The summed E-state index contributed by atoms with van der Waals surface area (Å²) in [4.78, 5) is 6.38. The Bertz CT molecular complexity index is 363. The minimum Gasteiger partial charge on any atom is -0.401 e. The summed E-state index contributed by atoms with van der Waals surface area (Å²) in [6.45, 7) is 9.51. The molecule has 3 nitrogen and oxygen atoms in total. The molecule has 2 N–H and O–H groups in total. The molecule has 0 atom stereocenters. The van der Waals surface area contributed by atoms with Crippen molar-refractivity contribution >= 4 is 6.21 Å². The second kappa shape index (κ2) is 7.16. The molecule has 0 saturated carbocycles. The highest BCUT2D eigenvalue weighted by Crippen LogP contribution is 2.27. The van der Waals surface area contributed by atoms with Crippen LogP contribution in [0, 0.1) is 5.92 Å². The monoisotopic (exact) mass is 287 g/mol. The van der Waals surface area contributed by atoms with E-state index < -0.39 is 5.92 Å². The van der Waals surface area contributed by atoms with E-state index >= 15 is 0 Å². The van der Waals surface area contributed by atoms with E-state index in [1.807, 2.05) is 25.0 Å². The number of nitrogens with zero attached hydrogens (tertiary/aromatic N) is 2. The van der Waals surface area contributed by atoms with E-state index in [-0.39, 0.29) is 24.8 Å². The van der Waals surface area contributed by atoms with Crippen molar-refractivity contribution < 1.29 is 8.78 Å². The van der Waals surface area contributed by atoms with Crippen LogP contribution in [0.1, 0.15) is 40.5 Å². The molecule has 0 bridgehead atoms. The molecule has 0 spiro atoms. The van der Waals surface area contributed by atoms with Gasteiger partial charge in [0.25, 0.3) is 5.92 Å². The Morgan fingerprint density at radius 3 is 2.25 bits per heavy atom. The molecule has 0 aromatic rings. The molecule has 0 radical (unpaired) electrons. The normalized spacial score (nSPS) is 21.8. The summed E-state index contributed by atoms with van der Waals surface area (Å²) in [5.41, 5.74) is 7.92. The number of rotatable bonds is 5. The summed E-state index contributed by atoms with van der Waals surface area (Å²) in [6, 6.07) is 0.227. The largest absolute Gasteiger partial charge is 0.401 e. The first-order valence-corrected chi connectivity index (χ1v) is 7.33. The van der Waals surface area contributed by atoms with E-state index in [1.54, 1.807) is 0 Å². The molecule has 116 valence electrons. The summed E-state index contributed by atoms with van der Waals surface area (Å²) in [6.07, 6.45) is 1.69. The number of nitrogens with two attached hydrogens (primary N) is 1. The van der Waals surface area contributed by atoms with Crippen LogP contribution in [0.4, 0.5) is 8.78 Å². The molecule has 0 aromatic carbocycles. The van der Waals surface area contributed by atoms with Crippen molar-refractivity contribution in [2.45, 2.75) is 52.5 Å². The number of halogens is 2. The Morgan fingerprint density at radius 2 is 1.80 bits per heavy atom. The van der Waals surface area contributed by atoms with Gasteiger partial charge in [-0.1, -0.05) is 13.8 Å². The number of allylic oxidation sites excluding steroid dienone is 1. The van der Waals surface area contributed by atoms with E-state index in [9.17, 15) is 8.78 Å². The molecule has 1 aliphatic heterocycles. The highest BCUT2D eigenvalue weighted by molar-refractivity contribution is 5.80. The van der Waals surface area contributed by atoms with Crippen molar-refractivity contribution in [2.24, 2.45) is 16.6 Å². The van der Waals surface area contributed by atoms with Gasteiger partial charge >= 0.3 is 0 Å². The smallest absolute Gasteiger partial charge is 0.250 e. The van der Waals surface area contributed by atoms with Crippen molar-refractivity contribution in [3.63, 3.8) is 0 Å². The molecular weight excluding hydrogens is 260 g/mol. The zero-order chi connectivity index (χ0) is 15.3. The molecule has 1 rings (SSSR count). The molecular formula is C15H27F2N3. The lowest BCUT2D eigenvalue weighted by molar-refractivity contribution is -0.0535. The number of alkyl halides is 2. The van der Waals surface area contributed by atoms with Crippen LogP contribution in [0.15, 0.2) is 16.3 Å². The average Bonchev–Trinajstić information content (AvgIpc) is 2.31. The van der Waals surface area contributed by atoms with Gasteiger partial charge in [0.15, 0.2) is 0 Å². The van der Waals surface area contributed by atoms with Crippen molar-refractivity contribution in [1.29, 1.82) is 0 Å². The molecule has 1 aliphatic rings. The number of hydrogen-bond acceptors (Lipinski definition) is 3. The van der Waals surface area contributed by atoms with Gasteiger partial charge in [0, 0.05) is 50.4 Å². The van der Waals surface area contributed by atoms with Crippen LogP contribution >= 0.6 is 0 Å². The Hall–Kier alpha value is -0.970. The molecule has 0 unspecified atom stereocenters. The fourth-order valence-corrected chi connectivity index (χ4v) is 2.20. The van der Waals surface area contributed by atoms with E-state index in [4.69, 9.17) is 5.73 Å². The number of likely N-dealkylation sites (tertiary alicyclic amines) is 1. The van der Waals surface area contributed by atoms with Crippen LogP contribution in [-0.4, -0.2) is 42.7 Å². The van der Waals surface area contributed by atoms with Gasteiger partial charge in [0.05, 0.1) is 0 Å². The Balaban J connectivity index is 2.69. The van der Waals surface area contributed by atoms with Gasteiger partial charge in [0.2, 0.25) is 0 Å². The van der Waals surface area contributed by atoms with Crippen LogP contribution in [0.2, 0.25) is 0 Å². The molecule has 20 heavy (non-hydrogen) atoms. The van der Waals surface area contributed by atoms with Crippen LogP contribution in [-0.2, 0) is 0 Å². The zero-order valence-corrected chi connectivity index (χ0v) is 13.0. The maximum atomic E-state index is 13.1. The second-order valence-electron chi connectivity index (χ2n) is 6.14. The second-order valence-corrected chi connectivity index (χ2v) is 6.14. The van der Waals surface area contributed by atoms with E-state index in [0.717, 1.165) is 11.3 Å². The lowest BCUT2D eigenvalue weighted by atomic mass is 10.0. The molecule has 1 saturated heterocycles. The van der Waals surface area contributed by atoms with Crippen LogP contribution in [0.3, 0.4) is 0 Å². The maximum Gasteiger partial charge on any atom is 0.250 e. The first kappa shape index (κ1) is 17.1. The predicted molar refractivity (Wildman–Crippen MR) is 80.3 cm³/mol. The summed E-state index contributed by atoms with van der Waals surface area (Å²) in [5.74, 6) is -2.22. The van der Waals surface area contributed by atoms with Crippen molar-refractivity contribution in [1.82, 2.24) is 4.90 Å². The first-order chi connectivity index (χ1) is 9.21. The molecule has 0 amide bonds. The van der Waals surface area contributed by atoms with Gasteiger partial charge in [-0.3, -0.25) is 9.89 Å². The third-order valence-electron chi connectivity index (χ3n) is 3.49. The Kier molecular flexibility index (Phi) is 6.11. The summed E-state index contributed by atoms with van der Waals surface area (Å²) < 4.78 is 26.2. The van der Waals surface area contributed by atoms with Crippen molar-refractivity contribution in [2.75, 3.05) is 19.6 Å². The Morgan fingerprint density at radius 1 is 1.25 bits per heavy atom. The molecule has 5 heteroatoms. The summed E-state index contributed by atoms with van der Waals surface area (Å²) in [5, 5.41) is 0. The molecule has 0 aliphatic carbocycles. The number of piperidine rings is 1. The topological polar surface area (TPSA) is 41.6 Å². The lowest BCUT2D eigenvalue weighted by Gasteiger charge is -2.32. The van der Waals surface area contributed by atoms with Gasteiger partial charge < -0.3 is 5.73 Å². The Labute approximate surface area is 120 Å². The minimum atomic E-state index is -2.51. The van der Waals surface area contributed by atoms with Crippen LogP contribution in [0.5, 0.6) is 0 Å². The predicted octanol–water partition coefficient (Wildman–Crippen LogP) is 3.07. The van der Waals surface area contributed by atoms with E-state index in [0.29, 0.717) is 19.6 Å². The van der Waals surface area contributed by atoms with E-state index in [2.05, 4.69) is 18.8 Å². The quantitative estimate of drug-likeness (QED) is 0.790. The third kappa shape index (κ3) is 5.57. The van der Waals surface area contributed by atoms with Gasteiger partial charge in [-0.2, -0.15) is 0 Å². The minimum absolute atomic E-state index is 0.0720. The van der Waals surface area contributed by atoms with Crippen molar-refractivity contribution in [3.05, 3.63) is 11.3 Å². The van der Waals surface area contributed by atoms with Gasteiger partial charge in [-0.25, -0.2) is 8.78 Å². The SMILES string of the molecule is CC(C)N=CC(=C(N)CN1CCC(F)(F)CC1)C(C)C. The molecule has 0 aromatic heterocycles. The summed E-state index contributed by atoms with van der Waals surface area (Å²) in [7, 11) is 0.